The molecule has 0 saturated heterocycles. The fourth-order valence-corrected chi connectivity index (χ4v) is 33.3. The summed E-state index contributed by atoms with van der Waals surface area (Å²) in [4.78, 5) is 0. The van der Waals surface area contributed by atoms with E-state index in [1.54, 1.807) is 16.7 Å². The molecule has 0 radical (unpaired) electrons. The molecule has 0 saturated carbocycles. The van der Waals surface area contributed by atoms with Gasteiger partial charge in [-0.25, -0.2) is 0 Å². The predicted octanol–water partition coefficient (Wildman–Crippen LogP) is 1.56. The van der Waals surface area contributed by atoms with E-state index in [2.05, 4.69) is 104 Å². The molecular formula is C28H36Cl2SiZr. The largest absolute Gasteiger partial charge is 1.00 e. The monoisotopic (exact) mass is 560 g/mol. The van der Waals surface area contributed by atoms with Gasteiger partial charge in [0, 0.05) is 0 Å². The van der Waals surface area contributed by atoms with E-state index in [1.807, 2.05) is 6.55 Å². The Morgan fingerprint density at radius 1 is 0.844 bits per heavy atom. The number of hydrogen-bond acceptors (Lipinski definition) is 0. The average molecular weight is 563 g/mol. The molecule has 0 unspecified atom stereocenters. The van der Waals surface area contributed by atoms with Crippen LogP contribution in [0, 0.1) is 13.8 Å². The second-order valence-corrected chi connectivity index (χ2v) is 26.2. The first-order valence-corrected chi connectivity index (χ1v) is 19.0. The minimum atomic E-state index is -2.12. The number of halogens is 2. The Kier molecular flexibility index (Phi) is 8.76. The van der Waals surface area contributed by atoms with Gasteiger partial charge >= 0.3 is 193 Å². The Bertz CT molecular complexity index is 1110. The summed E-state index contributed by atoms with van der Waals surface area (Å²) in [5, 5.41) is 0.802. The molecule has 0 spiro atoms. The van der Waals surface area contributed by atoms with Gasteiger partial charge < -0.3 is 24.8 Å². The molecule has 2 aliphatic rings. The molecule has 0 N–H and O–H groups in total. The van der Waals surface area contributed by atoms with Crippen LogP contribution >= 0.6 is 0 Å². The molecule has 0 fully saturated rings. The van der Waals surface area contributed by atoms with Gasteiger partial charge in [0.1, 0.15) is 0 Å². The Morgan fingerprint density at radius 2 is 1.47 bits per heavy atom. The van der Waals surface area contributed by atoms with Crippen molar-refractivity contribution in [2.45, 2.75) is 78.3 Å². The number of fused-ring (bicyclic) bond motifs is 3. The smallest absolute Gasteiger partial charge is 1.00 e. The molecule has 0 bridgehead atoms. The first-order valence-electron chi connectivity index (χ1n) is 11.3. The minimum Gasteiger partial charge on any atom is -1.00 e. The van der Waals surface area contributed by atoms with Crippen LogP contribution in [0.3, 0.4) is 0 Å². The van der Waals surface area contributed by atoms with Gasteiger partial charge in [0.15, 0.2) is 0 Å². The van der Waals surface area contributed by atoms with Crippen LogP contribution in [-0.2, 0) is 26.8 Å². The van der Waals surface area contributed by atoms with Crippen LogP contribution in [-0.4, -0.2) is 5.43 Å². The number of allylic oxidation sites excluding steroid dienone is 4. The third-order valence-electron chi connectivity index (χ3n) is 6.53. The molecule has 4 heteroatoms. The van der Waals surface area contributed by atoms with E-state index < -0.39 is 25.8 Å². The van der Waals surface area contributed by atoms with Crippen LogP contribution < -0.4 is 28.1 Å². The quantitative estimate of drug-likeness (QED) is 0.416. The van der Waals surface area contributed by atoms with Crippen molar-refractivity contribution < 1.29 is 45.2 Å². The van der Waals surface area contributed by atoms with Crippen molar-refractivity contribution in [2.75, 3.05) is 0 Å². The number of benzene rings is 2. The molecule has 0 atom stereocenters. The summed E-state index contributed by atoms with van der Waals surface area (Å²) < 4.78 is 3.68. The zero-order valence-corrected chi connectivity index (χ0v) is 25.8. The fourth-order valence-electron chi connectivity index (χ4n) is 5.82. The van der Waals surface area contributed by atoms with Gasteiger partial charge in [-0.05, 0) is 0 Å². The second kappa shape index (κ2) is 10.1. The average Bonchev–Trinajstić information content (AvgIpc) is 3.24. The molecule has 0 aromatic heterocycles. The third-order valence-corrected chi connectivity index (χ3v) is 33.6. The molecule has 2 aromatic rings. The standard InChI is InChI=1S/C15H13.C8H18Si.C5H5.2ClH.Zr/c1-10-3-5-14-12(7-10)9-13-8-11(2)4-6-15(13)14;1-7(2,3)9-8(4,5)6;1-2-4-5-3-1;;;/h3-7H,9H2,1-2H3;1-6H3;1-3H,4H2;2*1H;/q;;;;;+2/p-2. The third kappa shape index (κ3) is 5.14. The van der Waals surface area contributed by atoms with E-state index in [-0.39, 0.29) is 24.8 Å². The van der Waals surface area contributed by atoms with Gasteiger partial charge in [-0.15, -0.1) is 0 Å². The summed E-state index contributed by atoms with van der Waals surface area (Å²) in [6, 6.07) is 11.9. The van der Waals surface area contributed by atoms with Crippen LogP contribution in [0.2, 0.25) is 10.1 Å². The summed E-state index contributed by atoms with van der Waals surface area (Å²) in [7, 11) is 0. The fraction of sp³-hybridized carbons (Fsp3) is 0.429. The normalized spacial score (nSPS) is 13.9. The number of hydrogen-bond donors (Lipinski definition) is 0. The molecule has 2 aliphatic carbocycles. The maximum absolute atomic E-state index is 2.53. The first kappa shape index (κ1) is 27.8. The summed E-state index contributed by atoms with van der Waals surface area (Å²) in [6.07, 6.45) is 9.58. The molecule has 32 heavy (non-hydrogen) atoms. The van der Waals surface area contributed by atoms with E-state index in [0.717, 1.165) is 6.42 Å². The molecule has 2 aromatic carbocycles. The van der Waals surface area contributed by atoms with Gasteiger partial charge in [0.05, 0.1) is 0 Å². The van der Waals surface area contributed by atoms with Crippen molar-refractivity contribution in [2.24, 2.45) is 0 Å². The molecule has 0 heterocycles. The molecule has 170 valence electrons. The molecule has 0 nitrogen and oxygen atoms in total. The van der Waals surface area contributed by atoms with Crippen molar-refractivity contribution >= 4 is 8.70 Å². The van der Waals surface area contributed by atoms with Gasteiger partial charge in [-0.3, -0.25) is 0 Å². The zero-order chi connectivity index (χ0) is 21.8. The van der Waals surface area contributed by atoms with E-state index in [4.69, 9.17) is 0 Å². The van der Waals surface area contributed by atoms with Crippen molar-refractivity contribution in [1.29, 1.82) is 0 Å². The number of aryl methyl sites for hydroxylation is 2. The van der Waals surface area contributed by atoms with Gasteiger partial charge in [-0.2, -0.15) is 0 Å². The van der Waals surface area contributed by atoms with Crippen LogP contribution in [0.25, 0.3) is 11.1 Å². The van der Waals surface area contributed by atoms with Crippen molar-refractivity contribution in [3.8, 4) is 11.1 Å². The van der Waals surface area contributed by atoms with E-state index in [0.29, 0.717) is 10.1 Å². The summed E-state index contributed by atoms with van der Waals surface area (Å²) in [5.41, 5.74) is 8.59. The van der Waals surface area contributed by atoms with Crippen LogP contribution in [0.5, 0.6) is 0 Å². The maximum Gasteiger partial charge on any atom is -1.00 e. The summed E-state index contributed by atoms with van der Waals surface area (Å²) >= 11 is -2.12. The Hall–Kier alpha value is -0.400. The summed E-state index contributed by atoms with van der Waals surface area (Å²) in [6.45, 7) is 19.8. The van der Waals surface area contributed by atoms with Crippen LogP contribution in [0.1, 0.15) is 70.2 Å². The maximum atomic E-state index is 2.53. The predicted molar refractivity (Wildman–Crippen MR) is 131 cm³/mol. The number of rotatable bonds is 2. The molecule has 4 rings (SSSR count). The summed E-state index contributed by atoms with van der Waals surface area (Å²) in [5.74, 6) is 0. The Morgan fingerprint density at radius 3 is 2.03 bits per heavy atom. The van der Waals surface area contributed by atoms with Crippen molar-refractivity contribution in [1.82, 2.24) is 0 Å². The van der Waals surface area contributed by atoms with E-state index >= 15 is 0 Å². The first-order chi connectivity index (χ1) is 14.0. The molecular weight excluding hydrogens is 527 g/mol. The van der Waals surface area contributed by atoms with Crippen molar-refractivity contribution in [3.05, 3.63) is 74.1 Å². The SMILES string of the molecule is Cc1ccc2c(c1)Cc1c-2ccc(C)[c]1[Zr+2]([C]1=CC=CC1)=[Si](C(C)(C)C)C(C)(C)C.[Cl-].[Cl-]. The molecule has 0 amide bonds. The van der Waals surface area contributed by atoms with Crippen LogP contribution in [0.15, 0.2) is 51.8 Å². The Labute approximate surface area is 216 Å². The zero-order valence-electron chi connectivity index (χ0n) is 20.8. The van der Waals surface area contributed by atoms with Crippen molar-refractivity contribution in [3.63, 3.8) is 0 Å². The topological polar surface area (TPSA) is 0 Å². The van der Waals surface area contributed by atoms with Crippen LogP contribution in [0.4, 0.5) is 0 Å². The van der Waals surface area contributed by atoms with Gasteiger partial charge in [0.2, 0.25) is 0 Å². The van der Waals surface area contributed by atoms with E-state index in [9.17, 15) is 0 Å². The van der Waals surface area contributed by atoms with Gasteiger partial charge in [0.25, 0.3) is 0 Å². The van der Waals surface area contributed by atoms with E-state index in [1.165, 1.54) is 23.1 Å². The Balaban J connectivity index is 0.00000181. The molecule has 0 aliphatic heterocycles. The minimum absolute atomic E-state index is 0. The van der Waals surface area contributed by atoms with Gasteiger partial charge in [-0.1, -0.05) is 0 Å². The second-order valence-electron chi connectivity index (χ2n) is 11.2.